The van der Waals surface area contributed by atoms with Gasteiger partial charge in [0.15, 0.2) is 9.84 Å². The number of hydrogen-bond donors (Lipinski definition) is 0. The van der Waals surface area contributed by atoms with E-state index < -0.39 is 9.84 Å². The second-order valence-corrected chi connectivity index (χ2v) is 10.1. The van der Waals surface area contributed by atoms with Crippen molar-refractivity contribution < 1.29 is 13.2 Å². The lowest BCUT2D eigenvalue weighted by atomic mass is 9.72. The number of carbonyl (C=O) groups is 1. The fourth-order valence-corrected chi connectivity index (χ4v) is 6.40. The number of carbonyl (C=O) groups excluding carboxylic acids is 1. The van der Waals surface area contributed by atoms with Crippen molar-refractivity contribution in [2.75, 3.05) is 44.2 Å². The van der Waals surface area contributed by atoms with Crippen LogP contribution in [-0.4, -0.2) is 68.4 Å². The zero-order chi connectivity index (χ0) is 16.5. The van der Waals surface area contributed by atoms with Crippen molar-refractivity contribution in [3.8, 4) is 0 Å². The maximum absolute atomic E-state index is 11.9. The highest BCUT2D eigenvalue weighted by Gasteiger charge is 2.40. The molecule has 6 heteroatoms. The molecule has 0 aromatic rings. The quantitative estimate of drug-likeness (QED) is 0.781. The summed E-state index contributed by atoms with van der Waals surface area (Å²) in [5.41, 5.74) is 0.319. The van der Waals surface area contributed by atoms with E-state index in [4.69, 9.17) is 0 Å². The molecule has 0 aromatic carbocycles. The van der Waals surface area contributed by atoms with Crippen molar-refractivity contribution in [1.29, 1.82) is 0 Å². The van der Waals surface area contributed by atoms with E-state index in [0.717, 1.165) is 64.8 Å². The average molecular weight is 343 g/mol. The highest BCUT2D eigenvalue weighted by molar-refractivity contribution is 7.91. The number of likely N-dealkylation sites (tertiary alicyclic amines) is 2. The van der Waals surface area contributed by atoms with E-state index in [-0.39, 0.29) is 0 Å². The van der Waals surface area contributed by atoms with Gasteiger partial charge in [-0.05, 0) is 63.5 Å². The molecule has 3 rings (SSSR count). The van der Waals surface area contributed by atoms with Crippen molar-refractivity contribution in [2.45, 2.75) is 45.4 Å². The van der Waals surface area contributed by atoms with Crippen LogP contribution in [0.3, 0.4) is 0 Å². The highest BCUT2D eigenvalue weighted by atomic mass is 32.2. The Hall–Kier alpha value is -0.620. The standard InChI is InChI=1S/C17H30N2O3S/c1-2-19-14-17(6-5-16(19)20)7-9-18(10-8-17)12-15-4-3-11-23(21,22)13-15/h15H,2-14H2,1H3. The topological polar surface area (TPSA) is 57.7 Å². The van der Waals surface area contributed by atoms with Gasteiger partial charge in [0.25, 0.3) is 0 Å². The molecule has 1 amide bonds. The zero-order valence-corrected chi connectivity index (χ0v) is 15.1. The summed E-state index contributed by atoms with van der Waals surface area (Å²) in [4.78, 5) is 16.4. The lowest BCUT2D eigenvalue weighted by Crippen LogP contribution is -2.52. The van der Waals surface area contributed by atoms with E-state index in [1.165, 1.54) is 0 Å². The van der Waals surface area contributed by atoms with Crippen molar-refractivity contribution in [3.63, 3.8) is 0 Å². The molecule has 1 unspecified atom stereocenters. The van der Waals surface area contributed by atoms with Gasteiger partial charge in [0, 0.05) is 26.1 Å². The Bertz CT molecular complexity index is 538. The largest absolute Gasteiger partial charge is 0.342 e. The zero-order valence-electron chi connectivity index (χ0n) is 14.3. The summed E-state index contributed by atoms with van der Waals surface area (Å²) in [6, 6.07) is 0. The van der Waals surface area contributed by atoms with Crippen molar-refractivity contribution in [3.05, 3.63) is 0 Å². The van der Waals surface area contributed by atoms with Crippen LogP contribution < -0.4 is 0 Å². The number of rotatable bonds is 3. The minimum absolute atomic E-state index is 0.313. The summed E-state index contributed by atoms with van der Waals surface area (Å²) in [5.74, 6) is 1.40. The highest BCUT2D eigenvalue weighted by Crippen LogP contribution is 2.40. The van der Waals surface area contributed by atoms with E-state index in [1.807, 2.05) is 4.90 Å². The third-order valence-corrected chi connectivity index (χ3v) is 8.01. The average Bonchev–Trinajstić information content (AvgIpc) is 2.51. The van der Waals surface area contributed by atoms with Crippen LogP contribution in [0.1, 0.15) is 45.4 Å². The lowest BCUT2D eigenvalue weighted by molar-refractivity contribution is -0.138. The summed E-state index contributed by atoms with van der Waals surface area (Å²) in [7, 11) is -2.80. The van der Waals surface area contributed by atoms with Gasteiger partial charge in [-0.3, -0.25) is 4.79 Å². The first kappa shape index (κ1) is 17.2. The summed E-state index contributed by atoms with van der Waals surface area (Å²) in [6.07, 6.45) is 5.92. The molecule has 0 aromatic heterocycles. The summed E-state index contributed by atoms with van der Waals surface area (Å²) < 4.78 is 23.6. The van der Waals surface area contributed by atoms with Crippen LogP contribution in [-0.2, 0) is 14.6 Å². The molecule has 3 aliphatic heterocycles. The van der Waals surface area contributed by atoms with Crippen molar-refractivity contribution in [1.82, 2.24) is 9.80 Å². The molecule has 0 bridgehead atoms. The van der Waals surface area contributed by atoms with E-state index in [9.17, 15) is 13.2 Å². The first-order valence-electron chi connectivity index (χ1n) is 9.12. The maximum atomic E-state index is 11.9. The van der Waals surface area contributed by atoms with Crippen molar-refractivity contribution >= 4 is 15.7 Å². The number of nitrogens with zero attached hydrogens (tertiary/aromatic N) is 2. The molecule has 3 heterocycles. The minimum atomic E-state index is -2.80. The fourth-order valence-electron chi connectivity index (χ4n) is 4.64. The van der Waals surface area contributed by atoms with Gasteiger partial charge in [0.05, 0.1) is 11.5 Å². The second-order valence-electron chi connectivity index (χ2n) is 7.83. The normalized spacial score (nSPS) is 31.4. The second kappa shape index (κ2) is 6.71. The molecule has 1 atom stereocenters. The molecule has 0 N–H and O–H groups in total. The molecule has 3 aliphatic rings. The number of piperidine rings is 2. The van der Waals surface area contributed by atoms with E-state index in [1.54, 1.807) is 0 Å². The van der Waals surface area contributed by atoms with Gasteiger partial charge >= 0.3 is 0 Å². The predicted octanol–water partition coefficient (Wildman–Crippen LogP) is 1.54. The van der Waals surface area contributed by atoms with E-state index in [0.29, 0.717) is 35.2 Å². The van der Waals surface area contributed by atoms with Gasteiger partial charge in [0.2, 0.25) is 5.91 Å². The van der Waals surface area contributed by atoms with Gasteiger partial charge in [-0.1, -0.05) is 0 Å². The van der Waals surface area contributed by atoms with Gasteiger partial charge in [-0.2, -0.15) is 0 Å². The molecule has 1 spiro atoms. The number of hydrogen-bond acceptors (Lipinski definition) is 4. The SMILES string of the molecule is CCN1CC2(CCC1=O)CCN(CC1CCCS(=O)(=O)C1)CC2. The Balaban J connectivity index is 1.51. The fraction of sp³-hybridized carbons (Fsp3) is 0.941. The minimum Gasteiger partial charge on any atom is -0.342 e. The third-order valence-electron chi connectivity index (χ3n) is 6.12. The van der Waals surface area contributed by atoms with Crippen LogP contribution in [0.25, 0.3) is 0 Å². The predicted molar refractivity (Wildman–Crippen MR) is 91.0 cm³/mol. The lowest BCUT2D eigenvalue weighted by Gasteiger charge is -2.47. The first-order valence-corrected chi connectivity index (χ1v) is 10.9. The third kappa shape index (κ3) is 4.08. The molecule has 0 radical (unpaired) electrons. The maximum Gasteiger partial charge on any atom is 0.222 e. The number of amides is 1. The Morgan fingerprint density at radius 1 is 1.22 bits per heavy atom. The summed E-state index contributed by atoms with van der Waals surface area (Å²) in [5, 5.41) is 0. The van der Waals surface area contributed by atoms with Crippen LogP contribution in [0.15, 0.2) is 0 Å². The van der Waals surface area contributed by atoms with Crippen LogP contribution >= 0.6 is 0 Å². The molecule has 3 saturated heterocycles. The Morgan fingerprint density at radius 2 is 1.96 bits per heavy atom. The van der Waals surface area contributed by atoms with Crippen LogP contribution in [0.5, 0.6) is 0 Å². The molecule has 5 nitrogen and oxygen atoms in total. The molecule has 0 saturated carbocycles. The van der Waals surface area contributed by atoms with Gasteiger partial charge in [-0.25, -0.2) is 8.42 Å². The molecule has 0 aliphatic carbocycles. The van der Waals surface area contributed by atoms with Crippen LogP contribution in [0.4, 0.5) is 0 Å². The molecule has 3 fully saturated rings. The smallest absolute Gasteiger partial charge is 0.222 e. The Morgan fingerprint density at radius 3 is 2.61 bits per heavy atom. The van der Waals surface area contributed by atoms with Crippen molar-refractivity contribution in [2.24, 2.45) is 11.3 Å². The Labute approximate surface area is 140 Å². The van der Waals surface area contributed by atoms with Gasteiger partial charge in [-0.15, -0.1) is 0 Å². The molecular formula is C17H30N2O3S. The van der Waals surface area contributed by atoms with Gasteiger partial charge in [0.1, 0.15) is 0 Å². The summed E-state index contributed by atoms with van der Waals surface area (Å²) in [6.45, 7) is 6.87. The van der Waals surface area contributed by atoms with Gasteiger partial charge < -0.3 is 9.80 Å². The molecule has 23 heavy (non-hydrogen) atoms. The first-order chi connectivity index (χ1) is 10.9. The number of sulfone groups is 1. The van der Waals surface area contributed by atoms with E-state index in [2.05, 4.69) is 11.8 Å². The Kier molecular flexibility index (Phi) is 5.02. The summed E-state index contributed by atoms with van der Waals surface area (Å²) >= 11 is 0. The monoisotopic (exact) mass is 342 g/mol. The van der Waals surface area contributed by atoms with Crippen LogP contribution in [0, 0.1) is 11.3 Å². The molecular weight excluding hydrogens is 312 g/mol. The van der Waals surface area contributed by atoms with Crippen LogP contribution in [0.2, 0.25) is 0 Å². The van der Waals surface area contributed by atoms with E-state index >= 15 is 0 Å². The molecule has 132 valence electrons.